The van der Waals surface area contributed by atoms with E-state index in [1.54, 1.807) is 4.90 Å². The Kier molecular flexibility index (Phi) is 4.12. The van der Waals surface area contributed by atoms with Crippen LogP contribution in [0.25, 0.3) is 0 Å². The van der Waals surface area contributed by atoms with Crippen LogP contribution >= 0.6 is 0 Å². The normalized spacial score (nSPS) is 18.0. The molecule has 1 unspecified atom stereocenters. The van der Waals surface area contributed by atoms with Crippen molar-refractivity contribution in [1.82, 2.24) is 4.90 Å². The fraction of sp³-hybridized carbons (Fsp3) is 0.312. The summed E-state index contributed by atoms with van der Waals surface area (Å²) >= 11 is 0. The Morgan fingerprint density at radius 1 is 1.26 bits per heavy atom. The first-order chi connectivity index (χ1) is 11.0. The molecule has 1 saturated heterocycles. The van der Waals surface area contributed by atoms with E-state index in [0.717, 1.165) is 11.1 Å². The zero-order chi connectivity index (χ0) is 16.4. The molecule has 0 N–H and O–H groups in total. The maximum absolute atomic E-state index is 12.4. The standard InChI is InChI=1S/C16H16N2O5/c1-11-2-4-12(5-3-11)14-10-17(8-9-22-14)16(19)13-6-7-15(23-13)18(20)21/h2-7,14H,8-10H2,1H3. The van der Waals surface area contributed by atoms with Crippen LogP contribution in [-0.4, -0.2) is 35.4 Å². The summed E-state index contributed by atoms with van der Waals surface area (Å²) in [5.74, 6) is -0.823. The molecule has 1 fully saturated rings. The average molecular weight is 316 g/mol. The molecule has 1 aromatic heterocycles. The minimum atomic E-state index is -0.662. The average Bonchev–Trinajstić information content (AvgIpc) is 3.05. The summed E-state index contributed by atoms with van der Waals surface area (Å²) in [5.41, 5.74) is 2.15. The second-order valence-electron chi connectivity index (χ2n) is 5.42. The van der Waals surface area contributed by atoms with Crippen LogP contribution in [0, 0.1) is 17.0 Å². The second kappa shape index (κ2) is 6.21. The molecule has 2 heterocycles. The number of morpholine rings is 1. The largest absolute Gasteiger partial charge is 0.433 e. The molecule has 2 aromatic rings. The van der Waals surface area contributed by atoms with Gasteiger partial charge < -0.3 is 14.1 Å². The lowest BCUT2D eigenvalue weighted by Gasteiger charge is -2.32. The van der Waals surface area contributed by atoms with Crippen LogP contribution in [0.1, 0.15) is 27.8 Å². The van der Waals surface area contributed by atoms with Crippen molar-refractivity contribution in [3.63, 3.8) is 0 Å². The lowest BCUT2D eigenvalue weighted by Crippen LogP contribution is -2.42. The molecule has 3 rings (SSSR count). The summed E-state index contributed by atoms with van der Waals surface area (Å²) in [6.07, 6.45) is -0.210. The Bertz CT molecular complexity index is 722. The molecule has 7 nitrogen and oxygen atoms in total. The van der Waals surface area contributed by atoms with E-state index in [1.807, 2.05) is 31.2 Å². The molecular formula is C16H16N2O5. The van der Waals surface area contributed by atoms with Gasteiger partial charge in [0.15, 0.2) is 5.76 Å². The van der Waals surface area contributed by atoms with Gasteiger partial charge in [-0.15, -0.1) is 0 Å². The Morgan fingerprint density at radius 3 is 2.65 bits per heavy atom. The smallest absolute Gasteiger partial charge is 0.395 e. The van der Waals surface area contributed by atoms with E-state index in [0.29, 0.717) is 19.7 Å². The van der Waals surface area contributed by atoms with Gasteiger partial charge in [-0.2, -0.15) is 0 Å². The number of nitrogens with zero attached hydrogens (tertiary/aromatic N) is 2. The number of hydrogen-bond donors (Lipinski definition) is 0. The van der Waals surface area contributed by atoms with Gasteiger partial charge in [0.2, 0.25) is 0 Å². The third kappa shape index (κ3) is 3.24. The van der Waals surface area contributed by atoms with Gasteiger partial charge in [0.25, 0.3) is 5.91 Å². The second-order valence-corrected chi connectivity index (χ2v) is 5.42. The Morgan fingerprint density at radius 2 is 2.00 bits per heavy atom. The van der Waals surface area contributed by atoms with Crippen molar-refractivity contribution in [3.8, 4) is 0 Å². The number of carbonyl (C=O) groups is 1. The van der Waals surface area contributed by atoms with E-state index < -0.39 is 10.8 Å². The van der Waals surface area contributed by atoms with Gasteiger partial charge in [-0.3, -0.25) is 14.9 Å². The van der Waals surface area contributed by atoms with E-state index in [1.165, 1.54) is 12.1 Å². The van der Waals surface area contributed by atoms with Crippen LogP contribution in [0.15, 0.2) is 40.8 Å². The number of nitro groups is 1. The third-order valence-corrected chi connectivity index (χ3v) is 3.79. The van der Waals surface area contributed by atoms with E-state index in [2.05, 4.69) is 0 Å². The molecule has 1 amide bonds. The van der Waals surface area contributed by atoms with Gasteiger partial charge in [0.05, 0.1) is 19.2 Å². The first-order valence-electron chi connectivity index (χ1n) is 7.26. The van der Waals surface area contributed by atoms with Gasteiger partial charge in [-0.1, -0.05) is 29.8 Å². The molecule has 23 heavy (non-hydrogen) atoms. The topological polar surface area (TPSA) is 85.8 Å². The highest BCUT2D eigenvalue weighted by molar-refractivity contribution is 5.91. The molecule has 0 spiro atoms. The number of ether oxygens (including phenoxy) is 1. The lowest BCUT2D eigenvalue weighted by atomic mass is 10.1. The predicted molar refractivity (Wildman–Crippen MR) is 81.1 cm³/mol. The molecule has 0 saturated carbocycles. The van der Waals surface area contributed by atoms with Crippen LogP contribution in [0.4, 0.5) is 5.88 Å². The molecule has 7 heteroatoms. The van der Waals surface area contributed by atoms with Crippen LogP contribution in [0.3, 0.4) is 0 Å². The number of aryl methyl sites for hydroxylation is 1. The molecule has 0 aliphatic carbocycles. The highest BCUT2D eigenvalue weighted by Crippen LogP contribution is 2.25. The molecule has 1 aromatic carbocycles. The number of amides is 1. The summed E-state index contributed by atoms with van der Waals surface area (Å²) in [6, 6.07) is 10.5. The molecule has 1 aliphatic rings. The van der Waals surface area contributed by atoms with Crippen molar-refractivity contribution < 1.29 is 18.9 Å². The Labute approximate surface area is 132 Å². The van der Waals surface area contributed by atoms with Gasteiger partial charge in [-0.05, 0) is 18.6 Å². The van der Waals surface area contributed by atoms with Crippen molar-refractivity contribution in [3.05, 3.63) is 63.4 Å². The third-order valence-electron chi connectivity index (χ3n) is 3.79. The fourth-order valence-corrected chi connectivity index (χ4v) is 2.51. The van der Waals surface area contributed by atoms with Crippen molar-refractivity contribution in [2.45, 2.75) is 13.0 Å². The fourth-order valence-electron chi connectivity index (χ4n) is 2.51. The number of hydrogen-bond acceptors (Lipinski definition) is 5. The maximum Gasteiger partial charge on any atom is 0.433 e. The summed E-state index contributed by atoms with van der Waals surface area (Å²) in [4.78, 5) is 24.0. The predicted octanol–water partition coefficient (Wildman–Crippen LogP) is 2.71. The summed E-state index contributed by atoms with van der Waals surface area (Å²) in [6.45, 7) is 3.23. The minimum Gasteiger partial charge on any atom is -0.395 e. The molecule has 0 radical (unpaired) electrons. The Hall–Kier alpha value is -2.67. The highest BCUT2D eigenvalue weighted by atomic mass is 16.6. The summed E-state index contributed by atoms with van der Waals surface area (Å²) < 4.78 is 10.7. The van der Waals surface area contributed by atoms with Crippen LogP contribution in [0.2, 0.25) is 0 Å². The summed E-state index contributed by atoms with van der Waals surface area (Å²) in [7, 11) is 0. The van der Waals surface area contributed by atoms with E-state index in [-0.39, 0.29) is 17.8 Å². The molecule has 1 atom stereocenters. The van der Waals surface area contributed by atoms with Crippen molar-refractivity contribution in [2.24, 2.45) is 0 Å². The van der Waals surface area contributed by atoms with Crippen molar-refractivity contribution >= 4 is 11.8 Å². The molecule has 1 aliphatic heterocycles. The van der Waals surface area contributed by atoms with Gasteiger partial charge in [0, 0.05) is 6.54 Å². The van der Waals surface area contributed by atoms with E-state index in [4.69, 9.17) is 9.15 Å². The zero-order valence-electron chi connectivity index (χ0n) is 12.6. The first-order valence-corrected chi connectivity index (χ1v) is 7.26. The number of benzene rings is 1. The van der Waals surface area contributed by atoms with Gasteiger partial charge >= 0.3 is 5.88 Å². The maximum atomic E-state index is 12.4. The van der Waals surface area contributed by atoms with Crippen LogP contribution in [0.5, 0.6) is 0 Å². The van der Waals surface area contributed by atoms with Gasteiger partial charge in [0.1, 0.15) is 11.0 Å². The number of carbonyl (C=O) groups excluding carboxylic acids is 1. The molecule has 120 valence electrons. The minimum absolute atomic E-state index is 0.0266. The van der Waals surface area contributed by atoms with E-state index in [9.17, 15) is 14.9 Å². The monoisotopic (exact) mass is 316 g/mol. The SMILES string of the molecule is Cc1ccc(C2CN(C(=O)c3ccc([N+](=O)[O-])o3)CCO2)cc1. The first kappa shape index (κ1) is 15.2. The van der Waals surface area contributed by atoms with Crippen molar-refractivity contribution in [1.29, 1.82) is 0 Å². The number of rotatable bonds is 3. The highest BCUT2D eigenvalue weighted by Gasteiger charge is 2.28. The number of furan rings is 1. The van der Waals surface area contributed by atoms with Crippen molar-refractivity contribution in [2.75, 3.05) is 19.7 Å². The van der Waals surface area contributed by atoms with Crippen LogP contribution in [-0.2, 0) is 4.74 Å². The lowest BCUT2D eigenvalue weighted by molar-refractivity contribution is -0.402. The molecule has 0 bridgehead atoms. The summed E-state index contributed by atoms with van der Waals surface area (Å²) in [5, 5.41) is 10.6. The quantitative estimate of drug-likeness (QED) is 0.642. The molecular weight excluding hydrogens is 300 g/mol. The van der Waals surface area contributed by atoms with E-state index >= 15 is 0 Å². The van der Waals surface area contributed by atoms with Gasteiger partial charge in [-0.25, -0.2) is 0 Å². The van der Waals surface area contributed by atoms with Crippen LogP contribution < -0.4 is 0 Å². The zero-order valence-corrected chi connectivity index (χ0v) is 12.6. The Balaban J connectivity index is 1.73.